The van der Waals surface area contributed by atoms with Crippen LogP contribution in [0.25, 0.3) is 0 Å². The molecule has 0 unspecified atom stereocenters. The molecule has 0 aromatic heterocycles. The minimum absolute atomic E-state index is 0.00752. The van der Waals surface area contributed by atoms with Gasteiger partial charge in [0, 0.05) is 23.0 Å². The predicted molar refractivity (Wildman–Crippen MR) is 102 cm³/mol. The normalized spacial score (nSPS) is 23.5. The van der Waals surface area contributed by atoms with Crippen LogP contribution >= 0.6 is 23.5 Å². The molecule has 2 heterocycles. The van der Waals surface area contributed by atoms with Crippen molar-refractivity contribution in [3.8, 4) is 0 Å². The largest absolute Gasteiger partial charge is 0.324 e. The lowest BCUT2D eigenvalue weighted by molar-refractivity contribution is -0.121. The van der Waals surface area contributed by atoms with E-state index in [1.54, 1.807) is 30.6 Å². The van der Waals surface area contributed by atoms with E-state index in [1.165, 1.54) is 11.1 Å². The van der Waals surface area contributed by atoms with E-state index in [0.717, 1.165) is 11.5 Å². The summed E-state index contributed by atoms with van der Waals surface area (Å²) >= 11 is 3.42. The second-order valence-corrected chi connectivity index (χ2v) is 7.82. The molecule has 7 heteroatoms. The van der Waals surface area contributed by atoms with Gasteiger partial charge in [0.25, 0.3) is 0 Å². The van der Waals surface area contributed by atoms with E-state index in [-0.39, 0.29) is 36.7 Å². The van der Waals surface area contributed by atoms with Crippen LogP contribution in [0, 0.1) is 0 Å². The standard InChI is InChI=1S/C17H25N3O2S2/c1-19-14-10-23-8-12-2-4-13(5-3-12)9-24-11-15(16(21)6-18)20-7-17(14)22/h2-5,14-15,19-20H,6-11,18H2,1H3/t14-,15-/m0/s1. The number of carbonyl (C=O) groups excluding carboxylic acids is 2. The Balaban J connectivity index is 2.10. The maximum atomic E-state index is 12.4. The Morgan fingerprint density at radius 1 is 1.21 bits per heavy atom. The van der Waals surface area contributed by atoms with Gasteiger partial charge in [0.15, 0.2) is 11.6 Å². The topological polar surface area (TPSA) is 84.2 Å². The molecule has 2 aliphatic rings. The van der Waals surface area contributed by atoms with Gasteiger partial charge < -0.3 is 11.1 Å². The summed E-state index contributed by atoms with van der Waals surface area (Å²) in [5, 5.41) is 6.17. The van der Waals surface area contributed by atoms with Crippen molar-refractivity contribution in [1.29, 1.82) is 0 Å². The van der Waals surface area contributed by atoms with Gasteiger partial charge in [0.1, 0.15) is 0 Å². The minimum atomic E-state index is -0.376. The summed E-state index contributed by atoms with van der Waals surface area (Å²) in [6, 6.07) is 7.96. The fraction of sp³-hybridized carbons (Fsp3) is 0.529. The number of carbonyl (C=O) groups is 2. The lowest BCUT2D eigenvalue weighted by atomic mass is 10.1. The Hall–Kier alpha value is -0.860. The molecule has 0 aliphatic carbocycles. The Morgan fingerprint density at radius 2 is 1.79 bits per heavy atom. The number of hydrogen-bond donors (Lipinski definition) is 3. The van der Waals surface area contributed by atoms with Gasteiger partial charge in [-0.2, -0.15) is 23.5 Å². The van der Waals surface area contributed by atoms with Crippen LogP contribution in [0.3, 0.4) is 0 Å². The number of hydrogen-bond acceptors (Lipinski definition) is 7. The van der Waals surface area contributed by atoms with E-state index in [9.17, 15) is 9.59 Å². The lowest BCUT2D eigenvalue weighted by Crippen LogP contribution is -2.48. The number of fused-ring (bicyclic) bond motifs is 12. The third-order valence-corrected chi connectivity index (χ3v) is 6.19. The Kier molecular flexibility index (Phi) is 8.28. The first-order chi connectivity index (χ1) is 11.6. The fourth-order valence-corrected chi connectivity index (χ4v) is 4.63. The van der Waals surface area contributed by atoms with Crippen molar-refractivity contribution in [2.75, 3.05) is 31.6 Å². The van der Waals surface area contributed by atoms with Crippen LogP contribution in [0.2, 0.25) is 0 Å². The van der Waals surface area contributed by atoms with E-state index in [4.69, 9.17) is 5.73 Å². The van der Waals surface area contributed by atoms with Gasteiger partial charge in [-0.15, -0.1) is 0 Å². The first-order valence-corrected chi connectivity index (χ1v) is 10.3. The van der Waals surface area contributed by atoms with Crippen molar-refractivity contribution < 1.29 is 9.59 Å². The highest BCUT2D eigenvalue weighted by Gasteiger charge is 2.21. The van der Waals surface area contributed by atoms with Crippen molar-refractivity contribution in [2.45, 2.75) is 23.6 Å². The molecule has 1 aromatic rings. The molecule has 24 heavy (non-hydrogen) atoms. The SMILES string of the molecule is CN[C@H]1CSCc2ccc(cc2)CSC[C@@H](C(=O)CN)NCC1=O. The zero-order chi connectivity index (χ0) is 17.4. The summed E-state index contributed by atoms with van der Waals surface area (Å²) in [5.74, 6) is 3.09. The highest BCUT2D eigenvalue weighted by Crippen LogP contribution is 2.18. The molecule has 0 saturated carbocycles. The van der Waals surface area contributed by atoms with Gasteiger partial charge >= 0.3 is 0 Å². The summed E-state index contributed by atoms with van der Waals surface area (Å²) < 4.78 is 0. The van der Waals surface area contributed by atoms with Crippen molar-refractivity contribution >= 4 is 35.1 Å². The maximum absolute atomic E-state index is 12.4. The summed E-state index contributed by atoms with van der Waals surface area (Å²) in [7, 11) is 1.80. The van der Waals surface area contributed by atoms with Gasteiger partial charge in [-0.25, -0.2) is 0 Å². The number of likely N-dealkylation sites (N-methyl/N-ethyl adjacent to an activating group) is 1. The number of nitrogens with two attached hydrogens (primary N) is 1. The smallest absolute Gasteiger partial charge is 0.164 e. The second-order valence-electron chi connectivity index (χ2n) is 5.76. The number of rotatable bonds is 3. The van der Waals surface area contributed by atoms with Crippen molar-refractivity contribution in [3.05, 3.63) is 35.4 Å². The Morgan fingerprint density at radius 3 is 2.33 bits per heavy atom. The third-order valence-electron chi connectivity index (χ3n) is 3.98. The molecule has 2 atom stereocenters. The van der Waals surface area contributed by atoms with E-state index in [2.05, 4.69) is 34.9 Å². The third kappa shape index (κ3) is 5.89. The highest BCUT2D eigenvalue weighted by atomic mass is 32.2. The molecule has 132 valence electrons. The van der Waals surface area contributed by atoms with Crippen molar-refractivity contribution in [3.63, 3.8) is 0 Å². The van der Waals surface area contributed by atoms with Crippen LogP contribution in [-0.2, 0) is 21.1 Å². The summed E-state index contributed by atoms with van der Waals surface area (Å²) in [6.07, 6.45) is 0. The lowest BCUT2D eigenvalue weighted by Gasteiger charge is -2.19. The highest BCUT2D eigenvalue weighted by molar-refractivity contribution is 7.98. The number of benzene rings is 1. The molecule has 2 aliphatic heterocycles. The molecule has 0 radical (unpaired) electrons. The Bertz CT molecular complexity index is 551. The molecule has 5 nitrogen and oxygen atoms in total. The molecular weight excluding hydrogens is 342 g/mol. The summed E-state index contributed by atoms with van der Waals surface area (Å²) in [6.45, 7) is 0.180. The van der Waals surface area contributed by atoms with Gasteiger partial charge in [-0.1, -0.05) is 24.3 Å². The van der Waals surface area contributed by atoms with Crippen LogP contribution < -0.4 is 16.4 Å². The van der Waals surface area contributed by atoms with E-state index in [0.29, 0.717) is 11.5 Å². The van der Waals surface area contributed by atoms with Crippen LogP contribution in [0.4, 0.5) is 0 Å². The molecule has 3 rings (SSSR count). The average Bonchev–Trinajstić information content (AvgIpc) is 2.62. The molecule has 1 aromatic carbocycles. The van der Waals surface area contributed by atoms with E-state index >= 15 is 0 Å². The van der Waals surface area contributed by atoms with Crippen LogP contribution in [0.15, 0.2) is 24.3 Å². The zero-order valence-corrected chi connectivity index (χ0v) is 15.6. The Labute approximate surface area is 151 Å². The number of ketones is 2. The fourth-order valence-electron chi connectivity index (χ4n) is 2.41. The molecule has 0 fully saturated rings. The number of Topliss-reactive ketones (excluding diaryl/α,β-unsaturated/α-hetero) is 2. The first kappa shape index (κ1) is 19.5. The number of thioether (sulfide) groups is 2. The zero-order valence-electron chi connectivity index (χ0n) is 13.9. The van der Waals surface area contributed by atoms with E-state index in [1.807, 2.05) is 0 Å². The molecule has 0 amide bonds. The summed E-state index contributed by atoms with van der Waals surface area (Å²) in [4.78, 5) is 24.4. The van der Waals surface area contributed by atoms with E-state index < -0.39 is 0 Å². The average molecular weight is 368 g/mol. The molecule has 0 spiro atoms. The van der Waals surface area contributed by atoms with Crippen LogP contribution in [-0.4, -0.2) is 55.3 Å². The monoisotopic (exact) mass is 367 g/mol. The molecule has 2 bridgehead atoms. The van der Waals surface area contributed by atoms with Gasteiger partial charge in [0.2, 0.25) is 0 Å². The predicted octanol–water partition coefficient (Wildman–Crippen LogP) is 0.810. The van der Waals surface area contributed by atoms with Crippen LogP contribution in [0.5, 0.6) is 0 Å². The minimum Gasteiger partial charge on any atom is -0.324 e. The first-order valence-electron chi connectivity index (χ1n) is 8.03. The second kappa shape index (κ2) is 10.2. The van der Waals surface area contributed by atoms with Gasteiger partial charge in [0.05, 0.1) is 25.2 Å². The molecule has 4 N–H and O–H groups in total. The molecule has 0 saturated heterocycles. The number of nitrogens with one attached hydrogen (secondary N) is 2. The van der Waals surface area contributed by atoms with Crippen LogP contribution in [0.1, 0.15) is 11.1 Å². The maximum Gasteiger partial charge on any atom is 0.164 e. The quantitative estimate of drug-likeness (QED) is 0.729. The van der Waals surface area contributed by atoms with Gasteiger partial charge in [-0.05, 0) is 18.2 Å². The molecular formula is C17H25N3O2S2. The van der Waals surface area contributed by atoms with Crippen molar-refractivity contribution in [1.82, 2.24) is 10.6 Å². The van der Waals surface area contributed by atoms with Gasteiger partial charge in [-0.3, -0.25) is 14.9 Å². The van der Waals surface area contributed by atoms with Crippen molar-refractivity contribution in [2.24, 2.45) is 5.73 Å². The summed E-state index contributed by atoms with van der Waals surface area (Å²) in [5.41, 5.74) is 8.01.